The Kier molecular flexibility index (Phi) is 4.37. The van der Waals surface area contributed by atoms with Gasteiger partial charge in [0.2, 0.25) is 0 Å². The molecule has 0 amide bonds. The molecule has 0 aromatic heterocycles. The lowest BCUT2D eigenvalue weighted by atomic mass is 10.2. The fraction of sp³-hybridized carbons (Fsp3) is 0.133. The maximum absolute atomic E-state index is 13.9. The predicted molar refractivity (Wildman–Crippen MR) is 70.6 cm³/mol. The molecule has 0 heterocycles. The van der Waals surface area contributed by atoms with Gasteiger partial charge >= 0.3 is 5.97 Å². The topological polar surface area (TPSA) is 55.8 Å². The minimum atomic E-state index is -1.36. The van der Waals surface area contributed by atoms with Gasteiger partial charge in [0.1, 0.15) is 18.2 Å². The lowest BCUT2D eigenvalue weighted by molar-refractivity contribution is 0.0692. The zero-order chi connectivity index (χ0) is 15.4. The Morgan fingerprint density at radius 3 is 2.62 bits per heavy atom. The summed E-state index contributed by atoms with van der Waals surface area (Å²) < 4.78 is 37.4. The average molecular weight is 294 g/mol. The normalized spacial score (nSPS) is 10.2. The van der Waals surface area contributed by atoms with Crippen LogP contribution in [0.5, 0.6) is 11.5 Å². The molecule has 0 radical (unpaired) electrons. The molecule has 2 aromatic rings. The van der Waals surface area contributed by atoms with Crippen LogP contribution < -0.4 is 9.47 Å². The first-order valence-corrected chi connectivity index (χ1v) is 6.00. The van der Waals surface area contributed by atoms with Crippen LogP contribution in [0, 0.1) is 11.6 Å². The highest BCUT2D eigenvalue weighted by Crippen LogP contribution is 2.22. The van der Waals surface area contributed by atoms with E-state index in [1.807, 2.05) is 0 Å². The number of aromatic carboxylic acids is 1. The first-order chi connectivity index (χ1) is 10.0. The van der Waals surface area contributed by atoms with Gasteiger partial charge in [0.25, 0.3) is 0 Å². The Labute approximate surface area is 119 Å². The van der Waals surface area contributed by atoms with E-state index in [0.717, 1.165) is 12.1 Å². The molecule has 2 aromatic carbocycles. The number of halogens is 2. The summed E-state index contributed by atoms with van der Waals surface area (Å²) in [5.74, 6) is -2.63. The fourth-order valence-electron chi connectivity index (χ4n) is 1.75. The van der Waals surface area contributed by atoms with Crippen molar-refractivity contribution in [1.82, 2.24) is 0 Å². The van der Waals surface area contributed by atoms with Gasteiger partial charge in [-0.05, 0) is 18.2 Å². The highest BCUT2D eigenvalue weighted by Gasteiger charge is 2.12. The smallest absolute Gasteiger partial charge is 0.338 e. The molecule has 0 fully saturated rings. The largest absolute Gasteiger partial charge is 0.494 e. The van der Waals surface area contributed by atoms with Gasteiger partial charge in [0, 0.05) is 11.6 Å². The van der Waals surface area contributed by atoms with Crippen molar-refractivity contribution in [2.45, 2.75) is 6.61 Å². The van der Waals surface area contributed by atoms with E-state index in [1.54, 1.807) is 6.07 Å². The molecule has 21 heavy (non-hydrogen) atoms. The first kappa shape index (κ1) is 14.8. The summed E-state index contributed by atoms with van der Waals surface area (Å²) in [6, 6.07) is 7.94. The van der Waals surface area contributed by atoms with Crippen LogP contribution in [-0.2, 0) is 6.61 Å². The van der Waals surface area contributed by atoms with Crippen LogP contribution in [0.15, 0.2) is 36.4 Å². The van der Waals surface area contributed by atoms with Gasteiger partial charge in [-0.1, -0.05) is 12.1 Å². The molecule has 110 valence electrons. The Morgan fingerprint density at radius 2 is 2.00 bits per heavy atom. The molecule has 0 saturated heterocycles. The van der Waals surface area contributed by atoms with Crippen LogP contribution in [0.4, 0.5) is 8.78 Å². The van der Waals surface area contributed by atoms with E-state index in [9.17, 15) is 13.6 Å². The van der Waals surface area contributed by atoms with E-state index in [0.29, 0.717) is 0 Å². The van der Waals surface area contributed by atoms with Gasteiger partial charge < -0.3 is 14.6 Å². The summed E-state index contributed by atoms with van der Waals surface area (Å²) in [5, 5.41) is 8.71. The molecule has 4 nitrogen and oxygen atoms in total. The molecule has 0 unspecified atom stereocenters. The van der Waals surface area contributed by atoms with E-state index in [2.05, 4.69) is 0 Å². The molecule has 0 spiro atoms. The van der Waals surface area contributed by atoms with Gasteiger partial charge in [-0.25, -0.2) is 13.6 Å². The molecule has 0 atom stereocenters. The molecule has 2 rings (SSSR count). The number of ether oxygens (including phenoxy) is 2. The SMILES string of the molecule is COc1cccc(COc2ccc(C(=O)O)c(F)c2)c1F. The lowest BCUT2D eigenvalue weighted by Gasteiger charge is -2.10. The molecule has 0 aliphatic rings. The summed E-state index contributed by atoms with van der Waals surface area (Å²) in [6.45, 7) is -0.130. The van der Waals surface area contributed by atoms with Crippen molar-refractivity contribution >= 4 is 5.97 Å². The van der Waals surface area contributed by atoms with E-state index in [-0.39, 0.29) is 23.7 Å². The van der Waals surface area contributed by atoms with Crippen molar-refractivity contribution < 1.29 is 28.2 Å². The molecule has 6 heteroatoms. The highest BCUT2D eigenvalue weighted by molar-refractivity contribution is 5.88. The van der Waals surface area contributed by atoms with Gasteiger partial charge in [0.15, 0.2) is 11.6 Å². The summed E-state index contributed by atoms with van der Waals surface area (Å²) in [4.78, 5) is 10.7. The van der Waals surface area contributed by atoms with Crippen molar-refractivity contribution in [2.24, 2.45) is 0 Å². The first-order valence-electron chi connectivity index (χ1n) is 6.00. The quantitative estimate of drug-likeness (QED) is 0.919. The fourth-order valence-corrected chi connectivity index (χ4v) is 1.75. The van der Waals surface area contributed by atoms with Crippen LogP contribution >= 0.6 is 0 Å². The second kappa shape index (κ2) is 6.21. The number of methoxy groups -OCH3 is 1. The zero-order valence-corrected chi connectivity index (χ0v) is 11.1. The van der Waals surface area contributed by atoms with Crippen LogP contribution in [0.25, 0.3) is 0 Å². The number of carboxylic acid groups (broad SMARTS) is 1. The van der Waals surface area contributed by atoms with Crippen molar-refractivity contribution in [3.8, 4) is 11.5 Å². The minimum Gasteiger partial charge on any atom is -0.494 e. The van der Waals surface area contributed by atoms with Crippen LogP contribution in [0.1, 0.15) is 15.9 Å². The minimum absolute atomic E-state index is 0.0866. The Morgan fingerprint density at radius 1 is 1.24 bits per heavy atom. The van der Waals surface area contributed by atoms with Crippen molar-refractivity contribution in [3.05, 3.63) is 59.2 Å². The maximum Gasteiger partial charge on any atom is 0.338 e. The second-order valence-corrected chi connectivity index (χ2v) is 4.17. The Bertz CT molecular complexity index is 671. The molecule has 0 bridgehead atoms. The van der Waals surface area contributed by atoms with E-state index in [4.69, 9.17) is 14.6 Å². The number of hydrogen-bond donors (Lipinski definition) is 1. The van der Waals surface area contributed by atoms with Gasteiger partial charge in [-0.3, -0.25) is 0 Å². The number of hydrogen-bond acceptors (Lipinski definition) is 3. The maximum atomic E-state index is 13.9. The number of benzene rings is 2. The third-order valence-electron chi connectivity index (χ3n) is 2.83. The van der Waals surface area contributed by atoms with Crippen LogP contribution in [-0.4, -0.2) is 18.2 Å². The summed E-state index contributed by atoms with van der Waals surface area (Å²) in [5.41, 5.74) is -0.202. The molecule has 1 N–H and O–H groups in total. The molecule has 0 aliphatic carbocycles. The number of carboxylic acids is 1. The second-order valence-electron chi connectivity index (χ2n) is 4.17. The monoisotopic (exact) mass is 294 g/mol. The number of rotatable bonds is 5. The Hall–Kier alpha value is -2.63. The van der Waals surface area contributed by atoms with Gasteiger partial charge in [0.05, 0.1) is 12.7 Å². The number of carbonyl (C=O) groups is 1. The van der Waals surface area contributed by atoms with Crippen molar-refractivity contribution in [1.29, 1.82) is 0 Å². The van der Waals surface area contributed by atoms with E-state index >= 15 is 0 Å². The molecule has 0 saturated carbocycles. The van der Waals surface area contributed by atoms with Crippen molar-refractivity contribution in [3.63, 3.8) is 0 Å². The summed E-state index contributed by atoms with van der Waals surface area (Å²) in [7, 11) is 1.35. The van der Waals surface area contributed by atoms with E-state index in [1.165, 1.54) is 25.3 Å². The third kappa shape index (κ3) is 3.28. The summed E-state index contributed by atoms with van der Waals surface area (Å²) >= 11 is 0. The van der Waals surface area contributed by atoms with Gasteiger partial charge in [-0.2, -0.15) is 0 Å². The standard InChI is InChI=1S/C15H12F2O4/c1-20-13-4-2-3-9(14(13)17)8-21-10-5-6-11(15(18)19)12(16)7-10/h2-7H,8H2,1H3,(H,18,19). The van der Waals surface area contributed by atoms with Crippen molar-refractivity contribution in [2.75, 3.05) is 7.11 Å². The third-order valence-corrected chi connectivity index (χ3v) is 2.83. The van der Waals surface area contributed by atoms with Crippen LogP contribution in [0.3, 0.4) is 0 Å². The van der Waals surface area contributed by atoms with Crippen LogP contribution in [0.2, 0.25) is 0 Å². The van der Waals surface area contributed by atoms with Gasteiger partial charge in [-0.15, -0.1) is 0 Å². The summed E-state index contributed by atoms with van der Waals surface area (Å²) in [6.07, 6.45) is 0. The lowest BCUT2D eigenvalue weighted by Crippen LogP contribution is -2.03. The molecule has 0 aliphatic heterocycles. The average Bonchev–Trinajstić information content (AvgIpc) is 2.46. The van der Waals surface area contributed by atoms with E-state index < -0.39 is 23.2 Å². The molecular weight excluding hydrogens is 282 g/mol. The molecular formula is C15H12F2O4. The predicted octanol–water partition coefficient (Wildman–Crippen LogP) is 3.25. The Balaban J connectivity index is 2.14. The highest BCUT2D eigenvalue weighted by atomic mass is 19.1. The zero-order valence-electron chi connectivity index (χ0n) is 11.1.